The third kappa shape index (κ3) is 5.17. The molecule has 1 amide bonds. The van der Waals surface area contributed by atoms with Gasteiger partial charge in [0.15, 0.2) is 12.4 Å². The summed E-state index contributed by atoms with van der Waals surface area (Å²) in [5, 5.41) is 6.88. The van der Waals surface area contributed by atoms with Crippen molar-refractivity contribution >= 4 is 52.0 Å². The quantitative estimate of drug-likeness (QED) is 0.483. The molecule has 1 fully saturated rings. The highest BCUT2D eigenvalue weighted by Gasteiger charge is 2.24. The van der Waals surface area contributed by atoms with Crippen LogP contribution in [0.4, 0.5) is 34.5 Å². The maximum absolute atomic E-state index is 12.2. The van der Waals surface area contributed by atoms with Gasteiger partial charge in [-0.15, -0.1) is 0 Å². The summed E-state index contributed by atoms with van der Waals surface area (Å²) < 4.78 is 5.55. The molecule has 0 saturated carbocycles. The zero-order chi connectivity index (χ0) is 25.1. The number of aromatic nitrogens is 2. The van der Waals surface area contributed by atoms with Crippen LogP contribution in [0.2, 0.25) is 5.02 Å². The molecule has 188 valence electrons. The number of hydrogen-bond acceptors (Lipinski definition) is 8. The zero-order valence-electron chi connectivity index (χ0n) is 20.5. The summed E-state index contributed by atoms with van der Waals surface area (Å²) in [7, 11) is 0. The van der Waals surface area contributed by atoms with Gasteiger partial charge in [-0.2, -0.15) is 4.98 Å². The van der Waals surface area contributed by atoms with Gasteiger partial charge in [0.25, 0.3) is 5.91 Å². The minimum Gasteiger partial charge on any atom is -0.482 e. The van der Waals surface area contributed by atoms with Crippen molar-refractivity contribution in [2.45, 2.75) is 13.8 Å². The SMILES string of the molecule is CCN1CCN(c2ccc(Nc3ncc(Cl)c(Nc4ccc5c(c4)N(CC)C(=O)CO5)n3)cc2)CC1. The second-order valence-electron chi connectivity index (χ2n) is 8.72. The molecule has 0 aliphatic carbocycles. The monoisotopic (exact) mass is 507 g/mol. The maximum Gasteiger partial charge on any atom is 0.265 e. The van der Waals surface area contributed by atoms with Crippen molar-refractivity contribution < 1.29 is 9.53 Å². The van der Waals surface area contributed by atoms with Crippen LogP contribution < -0.4 is 25.2 Å². The Bertz CT molecular complexity index is 1230. The molecule has 0 atom stereocenters. The van der Waals surface area contributed by atoms with Gasteiger partial charge in [0.2, 0.25) is 5.95 Å². The van der Waals surface area contributed by atoms with E-state index >= 15 is 0 Å². The van der Waals surface area contributed by atoms with Gasteiger partial charge in [0.05, 0.1) is 11.9 Å². The number of likely N-dealkylation sites (N-methyl/N-ethyl adjacent to an activating group) is 2. The summed E-state index contributed by atoms with van der Waals surface area (Å²) in [6.07, 6.45) is 1.56. The fourth-order valence-corrected chi connectivity index (χ4v) is 4.62. The summed E-state index contributed by atoms with van der Waals surface area (Å²) >= 11 is 6.39. The van der Waals surface area contributed by atoms with Gasteiger partial charge in [-0.3, -0.25) is 4.79 Å². The van der Waals surface area contributed by atoms with Crippen LogP contribution in [0.25, 0.3) is 0 Å². The first-order valence-corrected chi connectivity index (χ1v) is 12.6. The van der Waals surface area contributed by atoms with E-state index in [2.05, 4.69) is 49.5 Å². The summed E-state index contributed by atoms with van der Waals surface area (Å²) in [6, 6.07) is 13.9. The van der Waals surface area contributed by atoms with Crippen LogP contribution in [0.1, 0.15) is 13.8 Å². The van der Waals surface area contributed by atoms with Crippen molar-refractivity contribution in [1.82, 2.24) is 14.9 Å². The van der Waals surface area contributed by atoms with Crippen molar-refractivity contribution in [3.63, 3.8) is 0 Å². The first-order valence-electron chi connectivity index (χ1n) is 12.2. The van der Waals surface area contributed by atoms with E-state index in [1.54, 1.807) is 11.1 Å². The van der Waals surface area contributed by atoms with Crippen molar-refractivity contribution in [3.05, 3.63) is 53.7 Å². The number of carbonyl (C=O) groups excluding carboxylic acids is 1. The number of halogens is 1. The maximum atomic E-state index is 12.2. The van der Waals surface area contributed by atoms with Gasteiger partial charge in [0.1, 0.15) is 10.8 Å². The lowest BCUT2D eigenvalue weighted by Crippen LogP contribution is -2.46. The first-order chi connectivity index (χ1) is 17.5. The summed E-state index contributed by atoms with van der Waals surface area (Å²) in [4.78, 5) is 27.7. The smallest absolute Gasteiger partial charge is 0.265 e. The number of piperazine rings is 1. The van der Waals surface area contributed by atoms with Crippen LogP contribution in [0.3, 0.4) is 0 Å². The van der Waals surface area contributed by atoms with E-state index in [0.717, 1.165) is 49.8 Å². The van der Waals surface area contributed by atoms with Gasteiger partial charge in [-0.05, 0) is 55.9 Å². The molecule has 2 aromatic carbocycles. The number of benzene rings is 2. The molecule has 0 radical (unpaired) electrons. The molecule has 0 bridgehead atoms. The van der Waals surface area contributed by atoms with Crippen molar-refractivity contribution in [1.29, 1.82) is 0 Å². The normalized spacial score (nSPS) is 15.9. The van der Waals surface area contributed by atoms with Gasteiger partial charge in [0, 0.05) is 49.8 Å². The molecule has 36 heavy (non-hydrogen) atoms. The Morgan fingerprint density at radius 1 is 0.972 bits per heavy atom. The predicted octanol–water partition coefficient (Wildman–Crippen LogP) is 4.50. The summed E-state index contributed by atoms with van der Waals surface area (Å²) in [5.41, 5.74) is 3.57. The van der Waals surface area contributed by atoms with Gasteiger partial charge in [-0.1, -0.05) is 18.5 Å². The molecule has 1 aromatic heterocycles. The third-order valence-electron chi connectivity index (χ3n) is 6.53. The number of anilines is 6. The van der Waals surface area contributed by atoms with E-state index in [1.807, 2.05) is 37.3 Å². The topological polar surface area (TPSA) is 85.9 Å². The zero-order valence-corrected chi connectivity index (χ0v) is 21.3. The molecule has 10 heteroatoms. The van der Waals surface area contributed by atoms with Crippen molar-refractivity contribution in [2.24, 2.45) is 0 Å². The lowest BCUT2D eigenvalue weighted by Gasteiger charge is -2.35. The second-order valence-corrected chi connectivity index (χ2v) is 9.12. The van der Waals surface area contributed by atoms with Crippen LogP contribution in [0.15, 0.2) is 48.7 Å². The van der Waals surface area contributed by atoms with Crippen molar-refractivity contribution in [2.75, 3.05) is 66.3 Å². The Balaban J connectivity index is 1.28. The Labute approximate surface area is 216 Å². The van der Waals surface area contributed by atoms with Gasteiger partial charge >= 0.3 is 0 Å². The Morgan fingerprint density at radius 2 is 1.72 bits per heavy atom. The minimum atomic E-state index is -0.0667. The van der Waals surface area contributed by atoms with E-state index < -0.39 is 0 Å². The van der Waals surface area contributed by atoms with Crippen LogP contribution in [-0.2, 0) is 4.79 Å². The van der Waals surface area contributed by atoms with E-state index in [9.17, 15) is 4.79 Å². The standard InChI is InChI=1S/C26H30ClN7O2/c1-3-32-11-13-33(14-12-32)20-8-5-18(6-9-20)30-26-28-16-21(27)25(31-26)29-19-7-10-23-22(15-19)34(4-2)24(35)17-36-23/h5-10,15-16H,3-4,11-14,17H2,1-2H3,(H2,28,29,30,31). The average molecular weight is 508 g/mol. The highest BCUT2D eigenvalue weighted by molar-refractivity contribution is 6.32. The van der Waals surface area contributed by atoms with E-state index in [4.69, 9.17) is 16.3 Å². The lowest BCUT2D eigenvalue weighted by molar-refractivity contribution is -0.121. The first kappa shape index (κ1) is 24.1. The molecule has 2 N–H and O–H groups in total. The molecule has 0 spiro atoms. The number of nitrogens with one attached hydrogen (secondary N) is 2. The molecule has 2 aliphatic heterocycles. The largest absolute Gasteiger partial charge is 0.482 e. The summed E-state index contributed by atoms with van der Waals surface area (Å²) in [5.74, 6) is 1.50. The number of nitrogens with zero attached hydrogens (tertiary/aromatic N) is 5. The molecule has 9 nitrogen and oxygen atoms in total. The Hall–Kier alpha value is -3.56. The molecular weight excluding hydrogens is 478 g/mol. The third-order valence-corrected chi connectivity index (χ3v) is 6.81. The fourth-order valence-electron chi connectivity index (χ4n) is 4.49. The number of hydrogen-bond donors (Lipinski definition) is 2. The number of rotatable bonds is 7. The van der Waals surface area contributed by atoms with E-state index in [1.165, 1.54) is 5.69 Å². The molecule has 3 heterocycles. The van der Waals surface area contributed by atoms with E-state index in [0.29, 0.717) is 29.1 Å². The molecular formula is C26H30ClN7O2. The highest BCUT2D eigenvalue weighted by atomic mass is 35.5. The van der Waals surface area contributed by atoms with Crippen molar-refractivity contribution in [3.8, 4) is 5.75 Å². The molecule has 5 rings (SSSR count). The predicted molar refractivity (Wildman–Crippen MR) is 144 cm³/mol. The number of fused-ring (bicyclic) bond motifs is 1. The molecule has 3 aromatic rings. The molecule has 1 saturated heterocycles. The average Bonchev–Trinajstić information content (AvgIpc) is 2.91. The van der Waals surface area contributed by atoms with Crippen LogP contribution in [0, 0.1) is 0 Å². The minimum absolute atomic E-state index is 0.0524. The van der Waals surface area contributed by atoms with Gasteiger partial charge < -0.3 is 30.1 Å². The number of carbonyl (C=O) groups is 1. The van der Waals surface area contributed by atoms with Crippen LogP contribution >= 0.6 is 11.6 Å². The van der Waals surface area contributed by atoms with Gasteiger partial charge in [-0.25, -0.2) is 4.98 Å². The molecule has 0 unspecified atom stereocenters. The lowest BCUT2D eigenvalue weighted by atomic mass is 10.2. The fraction of sp³-hybridized carbons (Fsp3) is 0.346. The summed E-state index contributed by atoms with van der Waals surface area (Å²) in [6.45, 7) is 10.1. The highest BCUT2D eigenvalue weighted by Crippen LogP contribution is 2.36. The number of amides is 1. The molecule has 2 aliphatic rings. The Morgan fingerprint density at radius 3 is 2.44 bits per heavy atom. The van der Waals surface area contributed by atoms with Crippen LogP contribution in [0.5, 0.6) is 5.75 Å². The number of ether oxygens (including phenoxy) is 1. The van der Waals surface area contributed by atoms with E-state index in [-0.39, 0.29) is 12.5 Å². The van der Waals surface area contributed by atoms with Crippen LogP contribution in [-0.4, -0.2) is 66.7 Å². The second kappa shape index (κ2) is 10.6. The Kier molecular flexibility index (Phi) is 7.11.